The Labute approximate surface area is 47.6 Å². The zero-order chi connectivity index (χ0) is 4.99. The van der Waals surface area contributed by atoms with Crippen molar-refractivity contribution in [1.82, 2.24) is 4.67 Å². The molecule has 1 N–H and O–H groups in total. The van der Waals surface area contributed by atoms with Gasteiger partial charge in [-0.2, -0.15) is 4.67 Å². The van der Waals surface area contributed by atoms with E-state index in [0.717, 1.165) is 0 Å². The smallest absolute Gasteiger partial charge is 0.223 e. The highest BCUT2D eigenvalue weighted by molar-refractivity contribution is 7.38. The predicted octanol–water partition coefficient (Wildman–Crippen LogP) is 0.671. The lowest BCUT2D eigenvalue weighted by Gasteiger charge is -1.88. The van der Waals surface area contributed by atoms with Gasteiger partial charge >= 0.3 is 0 Å². The zero-order valence-electron chi connectivity index (χ0n) is 4.50. The van der Waals surface area contributed by atoms with Gasteiger partial charge in [0.25, 0.3) is 0 Å². The quantitative estimate of drug-likeness (QED) is 0.530. The summed E-state index contributed by atoms with van der Waals surface area (Å²) in [5.74, 6) is 0. The van der Waals surface area contributed by atoms with Gasteiger partial charge in [-0.1, -0.05) is 0 Å². The lowest BCUT2D eigenvalue weighted by Crippen LogP contribution is -1.92. The van der Waals surface area contributed by atoms with Crippen LogP contribution in [-0.4, -0.2) is 24.2 Å². The molecule has 0 heterocycles. The summed E-state index contributed by atoms with van der Waals surface area (Å²) < 4.78 is 5.94. The van der Waals surface area contributed by atoms with Crippen LogP contribution in [0.2, 0.25) is 0 Å². The Hall–Kier alpha value is 0.450. The van der Waals surface area contributed by atoms with E-state index in [2.05, 4.69) is 18.2 Å². The SMILES string of the molecule is CN(C)[PH2+]N=[PH2+].[OH-]. The van der Waals surface area contributed by atoms with Gasteiger partial charge in [-0.25, -0.2) is 0 Å². The van der Waals surface area contributed by atoms with Gasteiger partial charge in [-0.3, -0.25) is 0 Å². The predicted molar refractivity (Wildman–Crippen MR) is 37.5 cm³/mol. The average Bonchev–Trinajstić information content (AvgIpc) is 1.35. The van der Waals surface area contributed by atoms with E-state index in [1.54, 1.807) is 0 Å². The van der Waals surface area contributed by atoms with Gasteiger partial charge in [-0.05, 0) is 0 Å². The van der Waals surface area contributed by atoms with Crippen molar-refractivity contribution in [3.8, 4) is 0 Å². The third-order valence-corrected chi connectivity index (χ3v) is 1.29. The summed E-state index contributed by atoms with van der Waals surface area (Å²) in [6, 6.07) is 0. The van der Waals surface area contributed by atoms with Gasteiger partial charge in [0.2, 0.25) is 17.9 Å². The lowest BCUT2D eigenvalue weighted by atomic mass is 11.3. The Morgan fingerprint density at radius 1 is 1.57 bits per heavy atom. The summed E-state index contributed by atoms with van der Waals surface area (Å²) in [5.41, 5.74) is 0. The van der Waals surface area contributed by atoms with E-state index in [9.17, 15) is 0 Å². The Kier molecular flexibility index (Phi) is 9.61. The van der Waals surface area contributed by atoms with Crippen LogP contribution in [0, 0.1) is 0 Å². The summed E-state index contributed by atoms with van der Waals surface area (Å²) in [5, 5.41) is 0. The first-order chi connectivity index (χ1) is 2.77. The highest BCUT2D eigenvalue weighted by Gasteiger charge is 1.89. The highest BCUT2D eigenvalue weighted by atomic mass is 31.1. The van der Waals surface area contributed by atoms with Crippen molar-refractivity contribution in [3.63, 3.8) is 0 Å². The molecule has 0 radical (unpaired) electrons. The van der Waals surface area contributed by atoms with Crippen molar-refractivity contribution in [3.05, 3.63) is 0 Å². The molecule has 0 fully saturated rings. The van der Waals surface area contributed by atoms with Crippen LogP contribution in [0.25, 0.3) is 0 Å². The minimum absolute atomic E-state index is 0. The fourth-order valence-electron chi connectivity index (χ4n) is 0.133. The molecule has 5 heteroatoms. The van der Waals surface area contributed by atoms with E-state index < -0.39 is 0 Å². The van der Waals surface area contributed by atoms with Crippen molar-refractivity contribution in [2.45, 2.75) is 0 Å². The third kappa shape index (κ3) is 10.7. The fourth-order valence-corrected chi connectivity index (χ4v) is 1.20. The summed E-state index contributed by atoms with van der Waals surface area (Å²) in [6.45, 7) is 0. The van der Waals surface area contributed by atoms with Gasteiger partial charge in [0.05, 0.1) is 0 Å². The van der Waals surface area contributed by atoms with Gasteiger partial charge in [0, 0.05) is 18.6 Å². The maximum atomic E-state index is 3.86. The molecule has 0 aliphatic heterocycles. The van der Waals surface area contributed by atoms with Crippen molar-refractivity contribution in [2.24, 2.45) is 4.52 Å². The van der Waals surface area contributed by atoms with E-state index in [-0.39, 0.29) is 14.4 Å². The van der Waals surface area contributed by atoms with E-state index in [0.29, 0.717) is 0 Å². The highest BCUT2D eigenvalue weighted by Crippen LogP contribution is 2.13. The number of nitrogens with zero attached hydrogens (tertiary/aromatic N) is 2. The van der Waals surface area contributed by atoms with Crippen molar-refractivity contribution in [2.75, 3.05) is 14.1 Å². The van der Waals surface area contributed by atoms with E-state index in [4.69, 9.17) is 0 Å². The molecular formula is C2H11N2OP2+. The Balaban J connectivity index is 0. The second-order valence-electron chi connectivity index (χ2n) is 1.23. The van der Waals surface area contributed by atoms with Crippen LogP contribution in [0.3, 0.4) is 0 Å². The molecule has 2 unspecified atom stereocenters. The third-order valence-electron chi connectivity index (χ3n) is 0.298. The monoisotopic (exact) mass is 141 g/mol. The summed E-state index contributed by atoms with van der Waals surface area (Å²) in [6.07, 6.45) is 0. The number of hydrogen-bond acceptors (Lipinski definition) is 3. The van der Waals surface area contributed by atoms with E-state index in [1.165, 1.54) is 0 Å². The second kappa shape index (κ2) is 6.45. The summed E-state index contributed by atoms with van der Waals surface area (Å²) in [4.78, 5) is 0. The lowest BCUT2D eigenvalue weighted by molar-refractivity contribution is 0.692. The first kappa shape index (κ1) is 10.4. The van der Waals surface area contributed by atoms with Crippen LogP contribution in [0.1, 0.15) is 0 Å². The molecule has 3 nitrogen and oxygen atoms in total. The molecule has 0 amide bonds. The zero-order valence-corrected chi connectivity index (χ0v) is 6.81. The van der Waals surface area contributed by atoms with Crippen LogP contribution in [0.4, 0.5) is 0 Å². The molecule has 0 rings (SSSR count). The fraction of sp³-hybridized carbons (Fsp3) is 1.00. The van der Waals surface area contributed by atoms with Crippen LogP contribution in [-0.2, 0) is 0 Å². The van der Waals surface area contributed by atoms with Crippen molar-refractivity contribution < 1.29 is 5.48 Å². The van der Waals surface area contributed by atoms with E-state index in [1.807, 2.05) is 14.1 Å². The Morgan fingerprint density at radius 3 is 2.00 bits per heavy atom. The van der Waals surface area contributed by atoms with Crippen LogP contribution < -0.4 is 0 Å². The topological polar surface area (TPSA) is 45.6 Å². The normalized spacial score (nSPS) is 9.57. The molecule has 0 aromatic heterocycles. The molecule has 0 bridgehead atoms. The van der Waals surface area contributed by atoms with Gasteiger partial charge in [0.1, 0.15) is 0 Å². The minimum atomic E-state index is 0. The summed E-state index contributed by atoms with van der Waals surface area (Å²) in [7, 11) is 6.56. The van der Waals surface area contributed by atoms with Gasteiger partial charge < -0.3 is 5.48 Å². The Morgan fingerprint density at radius 2 is 2.00 bits per heavy atom. The number of hydrogen-bond donors (Lipinski definition) is 0. The molecule has 0 saturated carbocycles. The van der Waals surface area contributed by atoms with Crippen LogP contribution >= 0.6 is 17.9 Å². The second-order valence-corrected chi connectivity index (χ2v) is 3.68. The maximum absolute atomic E-state index is 3.86. The molecule has 0 aliphatic rings. The Bertz CT molecular complexity index is 49.0. The maximum Gasteiger partial charge on any atom is 0.223 e. The molecule has 0 saturated heterocycles. The molecule has 0 aliphatic carbocycles. The minimum Gasteiger partial charge on any atom is -0.870 e. The van der Waals surface area contributed by atoms with Crippen molar-refractivity contribution >= 4 is 17.9 Å². The molecule has 44 valence electrons. The van der Waals surface area contributed by atoms with E-state index >= 15 is 0 Å². The molecule has 0 aromatic rings. The molecular weight excluding hydrogens is 130 g/mol. The van der Waals surface area contributed by atoms with Crippen molar-refractivity contribution in [1.29, 1.82) is 0 Å². The molecule has 0 aromatic carbocycles. The first-order valence-electron chi connectivity index (χ1n) is 1.67. The number of rotatable bonds is 2. The molecule has 7 heavy (non-hydrogen) atoms. The molecule has 2 atom stereocenters. The van der Waals surface area contributed by atoms with Gasteiger partial charge in [-0.15, -0.1) is 0 Å². The van der Waals surface area contributed by atoms with Crippen LogP contribution in [0.5, 0.6) is 0 Å². The van der Waals surface area contributed by atoms with Gasteiger partial charge in [0.15, 0.2) is 0 Å². The standard InChI is InChI=1S/C2H8N2P2.H2O/c1-4(2)6-3-5;/h5-6H,1-2H3;1H2/p+1. The molecule has 0 spiro atoms. The average molecular weight is 141 g/mol. The van der Waals surface area contributed by atoms with Crippen LogP contribution in [0.15, 0.2) is 4.52 Å². The largest absolute Gasteiger partial charge is 0.870 e. The summed E-state index contributed by atoms with van der Waals surface area (Å²) >= 11 is 0. The first-order valence-corrected chi connectivity index (χ1v) is 3.22.